The minimum Gasteiger partial charge on any atom is -0.365 e. The van der Waals surface area contributed by atoms with Gasteiger partial charge in [0.05, 0.1) is 11.4 Å². The van der Waals surface area contributed by atoms with Gasteiger partial charge in [-0.15, -0.1) is 0 Å². The second-order valence-corrected chi connectivity index (χ2v) is 10.0. The van der Waals surface area contributed by atoms with E-state index < -0.39 is 0 Å². The molecular weight excluding hydrogens is 508 g/mol. The SMILES string of the molecule is O=C(Nc1ccc(C(=O)N2CCCN(Cc3ccncc3)c3ccccc32)cc1)c1ccccc1-c1ccccc1. The van der Waals surface area contributed by atoms with E-state index >= 15 is 0 Å². The lowest BCUT2D eigenvalue weighted by Crippen LogP contribution is -2.31. The van der Waals surface area contributed by atoms with Gasteiger partial charge in [-0.2, -0.15) is 0 Å². The average Bonchev–Trinajstić information content (AvgIpc) is 3.21. The maximum atomic E-state index is 13.7. The molecule has 0 unspecified atom stereocenters. The second-order valence-electron chi connectivity index (χ2n) is 10.0. The molecule has 1 aromatic heterocycles. The van der Waals surface area contributed by atoms with Gasteiger partial charge in [-0.3, -0.25) is 14.6 Å². The predicted octanol–water partition coefficient (Wildman–Crippen LogP) is 7.06. The zero-order valence-corrected chi connectivity index (χ0v) is 22.6. The number of amides is 2. The highest BCUT2D eigenvalue weighted by molar-refractivity contribution is 6.10. The fourth-order valence-corrected chi connectivity index (χ4v) is 5.31. The Morgan fingerprint density at radius 3 is 2.17 bits per heavy atom. The zero-order valence-electron chi connectivity index (χ0n) is 22.6. The smallest absolute Gasteiger partial charge is 0.258 e. The Morgan fingerprint density at radius 2 is 1.39 bits per heavy atom. The summed E-state index contributed by atoms with van der Waals surface area (Å²) in [6, 6.07) is 36.7. The molecule has 0 radical (unpaired) electrons. The maximum absolute atomic E-state index is 13.7. The number of hydrogen-bond acceptors (Lipinski definition) is 4. The average molecular weight is 539 g/mol. The van der Waals surface area contributed by atoms with Gasteiger partial charge >= 0.3 is 0 Å². The van der Waals surface area contributed by atoms with E-state index in [0.717, 1.165) is 42.0 Å². The highest BCUT2D eigenvalue weighted by atomic mass is 16.2. The van der Waals surface area contributed by atoms with Crippen molar-refractivity contribution in [3.8, 4) is 11.1 Å². The lowest BCUT2D eigenvalue weighted by Gasteiger charge is -2.27. The zero-order chi connectivity index (χ0) is 28.0. The van der Waals surface area contributed by atoms with Crippen LogP contribution in [0.5, 0.6) is 0 Å². The van der Waals surface area contributed by atoms with Gasteiger partial charge in [0, 0.05) is 48.8 Å². The Morgan fingerprint density at radius 1 is 0.707 bits per heavy atom. The molecule has 1 aliphatic rings. The van der Waals surface area contributed by atoms with Crippen molar-refractivity contribution in [2.24, 2.45) is 0 Å². The van der Waals surface area contributed by atoms with Crippen molar-refractivity contribution in [1.82, 2.24) is 4.98 Å². The van der Waals surface area contributed by atoms with E-state index in [4.69, 9.17) is 0 Å². The standard InChI is InChI=1S/C35H30N4O2/c40-34(31-12-5-4-11-30(31)27-9-2-1-3-10-27)37-29-17-15-28(16-18-29)35(41)39-24-8-23-38(25-26-19-21-36-22-20-26)32-13-6-7-14-33(32)39/h1-7,9-22H,8,23-25H2,(H,37,40). The van der Waals surface area contributed by atoms with Crippen molar-refractivity contribution < 1.29 is 9.59 Å². The summed E-state index contributed by atoms with van der Waals surface area (Å²) in [5, 5.41) is 2.99. The Bertz CT molecular complexity index is 1650. The first-order valence-corrected chi connectivity index (χ1v) is 13.8. The summed E-state index contributed by atoms with van der Waals surface area (Å²) < 4.78 is 0. The predicted molar refractivity (Wildman–Crippen MR) is 164 cm³/mol. The number of hydrogen-bond donors (Lipinski definition) is 1. The quantitative estimate of drug-likeness (QED) is 0.251. The van der Waals surface area contributed by atoms with Crippen LogP contribution in [0.2, 0.25) is 0 Å². The first-order chi connectivity index (χ1) is 20.2. The number of nitrogens with zero attached hydrogens (tertiary/aromatic N) is 3. The number of carbonyl (C=O) groups excluding carboxylic acids is 2. The lowest BCUT2D eigenvalue weighted by atomic mass is 9.99. The molecule has 41 heavy (non-hydrogen) atoms. The summed E-state index contributed by atoms with van der Waals surface area (Å²) in [5.74, 6) is -0.255. The van der Waals surface area contributed by atoms with Gasteiger partial charge in [0.1, 0.15) is 0 Å². The van der Waals surface area contributed by atoms with Gasteiger partial charge in [0.25, 0.3) is 11.8 Å². The molecular formula is C35H30N4O2. The minimum absolute atomic E-state index is 0.0597. The van der Waals surface area contributed by atoms with Crippen molar-refractivity contribution >= 4 is 28.9 Å². The molecule has 6 rings (SSSR count). The fraction of sp³-hybridized carbons (Fsp3) is 0.114. The van der Waals surface area contributed by atoms with Crippen LogP contribution in [0.15, 0.2) is 128 Å². The summed E-state index contributed by atoms with van der Waals surface area (Å²) in [5.41, 5.74) is 6.77. The van der Waals surface area contributed by atoms with Crippen LogP contribution in [-0.2, 0) is 6.54 Å². The van der Waals surface area contributed by atoms with E-state index in [1.54, 1.807) is 24.3 Å². The molecule has 0 aliphatic carbocycles. The molecule has 0 spiro atoms. The molecule has 2 heterocycles. The van der Waals surface area contributed by atoms with Gasteiger partial charge < -0.3 is 15.1 Å². The van der Waals surface area contributed by atoms with Crippen LogP contribution in [-0.4, -0.2) is 29.9 Å². The number of para-hydroxylation sites is 2. The molecule has 4 aromatic carbocycles. The normalized spacial score (nSPS) is 12.8. The number of carbonyl (C=O) groups is 2. The molecule has 1 aliphatic heterocycles. The number of fused-ring (bicyclic) bond motifs is 1. The van der Waals surface area contributed by atoms with Crippen LogP contribution in [0.1, 0.15) is 32.7 Å². The minimum atomic E-state index is -0.195. The largest absolute Gasteiger partial charge is 0.365 e. The molecule has 0 saturated heterocycles. The van der Waals surface area contributed by atoms with E-state index in [9.17, 15) is 9.59 Å². The molecule has 0 bridgehead atoms. The number of rotatable bonds is 6. The van der Waals surface area contributed by atoms with Gasteiger partial charge in [-0.05, 0) is 77.7 Å². The number of pyridine rings is 1. The summed E-state index contributed by atoms with van der Waals surface area (Å²) in [7, 11) is 0. The molecule has 6 heteroatoms. The van der Waals surface area contributed by atoms with E-state index in [1.165, 1.54) is 5.56 Å². The number of benzene rings is 4. The topological polar surface area (TPSA) is 65.5 Å². The van der Waals surface area contributed by atoms with E-state index in [-0.39, 0.29) is 11.8 Å². The van der Waals surface area contributed by atoms with Gasteiger partial charge in [0.2, 0.25) is 0 Å². The highest BCUT2D eigenvalue weighted by Gasteiger charge is 2.25. The van der Waals surface area contributed by atoms with Crippen molar-refractivity contribution in [2.75, 3.05) is 28.2 Å². The van der Waals surface area contributed by atoms with Crippen molar-refractivity contribution in [3.05, 3.63) is 144 Å². The van der Waals surface area contributed by atoms with Gasteiger partial charge in [-0.1, -0.05) is 60.7 Å². The fourth-order valence-electron chi connectivity index (χ4n) is 5.31. The van der Waals surface area contributed by atoms with Crippen LogP contribution in [0, 0.1) is 0 Å². The Hall–Kier alpha value is -5.23. The summed E-state index contributed by atoms with van der Waals surface area (Å²) in [6.07, 6.45) is 4.46. The van der Waals surface area contributed by atoms with E-state index in [0.29, 0.717) is 23.4 Å². The second kappa shape index (κ2) is 11.9. The van der Waals surface area contributed by atoms with E-state index in [1.807, 2.05) is 102 Å². The molecule has 1 N–H and O–H groups in total. The summed E-state index contributed by atoms with van der Waals surface area (Å²) >= 11 is 0. The van der Waals surface area contributed by atoms with E-state index in [2.05, 4.69) is 21.3 Å². The summed E-state index contributed by atoms with van der Waals surface area (Å²) in [4.78, 5) is 35.3. The number of anilines is 3. The Labute approximate surface area is 239 Å². The molecule has 0 fully saturated rings. The maximum Gasteiger partial charge on any atom is 0.258 e. The van der Waals surface area contributed by atoms with Gasteiger partial charge in [0.15, 0.2) is 0 Å². The summed E-state index contributed by atoms with van der Waals surface area (Å²) in [6.45, 7) is 2.22. The molecule has 0 saturated carbocycles. The molecule has 5 aromatic rings. The molecule has 0 atom stereocenters. The van der Waals surface area contributed by atoms with Gasteiger partial charge in [-0.25, -0.2) is 0 Å². The molecule has 202 valence electrons. The van der Waals surface area contributed by atoms with Crippen LogP contribution >= 0.6 is 0 Å². The van der Waals surface area contributed by atoms with Crippen LogP contribution < -0.4 is 15.1 Å². The lowest BCUT2D eigenvalue weighted by molar-refractivity contribution is 0.0986. The third-order valence-electron chi connectivity index (χ3n) is 7.34. The number of aromatic nitrogens is 1. The number of nitrogens with one attached hydrogen (secondary N) is 1. The van der Waals surface area contributed by atoms with Crippen LogP contribution in [0.25, 0.3) is 11.1 Å². The monoisotopic (exact) mass is 538 g/mol. The molecule has 2 amide bonds. The Balaban J connectivity index is 1.19. The van der Waals surface area contributed by atoms with Crippen molar-refractivity contribution in [1.29, 1.82) is 0 Å². The molecule has 6 nitrogen and oxygen atoms in total. The first-order valence-electron chi connectivity index (χ1n) is 13.8. The van der Waals surface area contributed by atoms with Crippen LogP contribution in [0.4, 0.5) is 17.1 Å². The van der Waals surface area contributed by atoms with Crippen molar-refractivity contribution in [2.45, 2.75) is 13.0 Å². The highest BCUT2D eigenvalue weighted by Crippen LogP contribution is 2.34. The van der Waals surface area contributed by atoms with Crippen molar-refractivity contribution in [3.63, 3.8) is 0 Å². The van der Waals surface area contributed by atoms with Crippen LogP contribution in [0.3, 0.4) is 0 Å². The third kappa shape index (κ3) is 5.72. The Kier molecular flexibility index (Phi) is 7.54. The third-order valence-corrected chi connectivity index (χ3v) is 7.34. The first kappa shape index (κ1) is 26.0.